The number of esters is 1. The number of fused-ring (bicyclic) bond motifs is 5. The fourth-order valence-corrected chi connectivity index (χ4v) is 7.63. The van der Waals surface area contributed by atoms with Crippen molar-refractivity contribution in [2.24, 2.45) is 28.6 Å². The van der Waals surface area contributed by atoms with Crippen molar-refractivity contribution in [1.29, 1.82) is 0 Å². The van der Waals surface area contributed by atoms with Crippen molar-refractivity contribution in [2.75, 3.05) is 0 Å². The predicted molar refractivity (Wildman–Crippen MR) is 106 cm³/mol. The van der Waals surface area contributed by atoms with Gasteiger partial charge in [-0.1, -0.05) is 26.0 Å². The Labute approximate surface area is 167 Å². The average molecular weight is 385 g/mol. The molecular weight excluding hydrogens is 352 g/mol. The van der Waals surface area contributed by atoms with E-state index in [0.29, 0.717) is 18.3 Å². The summed E-state index contributed by atoms with van der Waals surface area (Å²) in [4.78, 5) is 36.8. The molecule has 6 atom stereocenters. The first-order chi connectivity index (χ1) is 13.1. The summed E-state index contributed by atoms with van der Waals surface area (Å²) in [5.74, 6) is 1.05. The molecule has 0 radical (unpaired) electrons. The number of allylic oxidation sites excluding steroid dienone is 1. The molecule has 4 heteroatoms. The van der Waals surface area contributed by atoms with Crippen LogP contribution in [0.25, 0.3) is 0 Å². The van der Waals surface area contributed by atoms with E-state index in [1.165, 1.54) is 12.5 Å². The number of Topliss-reactive ketones (excluding diaryl/α,β-unsaturated/α-hetero) is 1. The van der Waals surface area contributed by atoms with Crippen LogP contribution in [0.5, 0.6) is 0 Å². The highest BCUT2D eigenvalue weighted by molar-refractivity contribution is 5.93. The van der Waals surface area contributed by atoms with E-state index in [1.807, 2.05) is 6.08 Å². The molecule has 3 saturated carbocycles. The third kappa shape index (κ3) is 2.32. The average Bonchev–Trinajstić information content (AvgIpc) is 2.83. The van der Waals surface area contributed by atoms with Gasteiger partial charge in [0.05, 0.1) is 0 Å². The molecule has 0 aromatic heterocycles. The fraction of sp³-hybridized carbons (Fsp3) is 0.708. The molecule has 0 amide bonds. The van der Waals surface area contributed by atoms with Crippen molar-refractivity contribution in [3.05, 3.63) is 23.8 Å². The summed E-state index contributed by atoms with van der Waals surface area (Å²) in [6.07, 6.45) is 8.10. The molecule has 4 aliphatic rings. The summed E-state index contributed by atoms with van der Waals surface area (Å²) in [5.41, 5.74) is 0.609. The first kappa shape index (κ1) is 19.6. The quantitative estimate of drug-likeness (QED) is 0.517. The summed E-state index contributed by atoms with van der Waals surface area (Å²) in [6, 6.07) is 0. The summed E-state index contributed by atoms with van der Waals surface area (Å²) in [6.45, 7) is 11.7. The van der Waals surface area contributed by atoms with Crippen LogP contribution in [0.4, 0.5) is 0 Å². The highest BCUT2D eigenvalue weighted by Crippen LogP contribution is 2.69. The van der Waals surface area contributed by atoms with E-state index in [9.17, 15) is 14.4 Å². The van der Waals surface area contributed by atoms with Crippen LogP contribution in [-0.2, 0) is 19.1 Å². The van der Waals surface area contributed by atoms with Crippen molar-refractivity contribution in [1.82, 2.24) is 0 Å². The molecular formula is C24H32O4. The van der Waals surface area contributed by atoms with Gasteiger partial charge in [0, 0.05) is 18.8 Å². The van der Waals surface area contributed by atoms with Crippen LogP contribution < -0.4 is 0 Å². The van der Waals surface area contributed by atoms with Gasteiger partial charge in [0.2, 0.25) is 0 Å². The number of ketones is 2. The fourth-order valence-electron chi connectivity index (χ4n) is 7.63. The molecule has 0 bridgehead atoms. The molecule has 0 heterocycles. The Morgan fingerprint density at radius 2 is 1.82 bits per heavy atom. The number of ether oxygens (including phenoxy) is 1. The van der Waals surface area contributed by atoms with E-state index in [1.54, 1.807) is 6.92 Å². The second-order valence-electron chi connectivity index (χ2n) is 10.1. The Morgan fingerprint density at radius 3 is 2.46 bits per heavy atom. The first-order valence-corrected chi connectivity index (χ1v) is 10.7. The van der Waals surface area contributed by atoms with E-state index in [4.69, 9.17) is 4.74 Å². The van der Waals surface area contributed by atoms with Crippen LogP contribution in [-0.4, -0.2) is 23.1 Å². The molecule has 28 heavy (non-hydrogen) atoms. The van der Waals surface area contributed by atoms with E-state index in [2.05, 4.69) is 20.4 Å². The molecule has 0 aromatic rings. The Bertz CT molecular complexity index is 807. The molecule has 4 nitrogen and oxygen atoms in total. The Morgan fingerprint density at radius 1 is 1.11 bits per heavy atom. The largest absolute Gasteiger partial charge is 0.446 e. The monoisotopic (exact) mass is 384 g/mol. The predicted octanol–water partition coefficient (Wildman–Crippen LogP) is 4.58. The second kappa shape index (κ2) is 6.14. The van der Waals surface area contributed by atoms with Crippen LogP contribution >= 0.6 is 0 Å². The Kier molecular flexibility index (Phi) is 4.30. The van der Waals surface area contributed by atoms with Crippen LogP contribution in [0.3, 0.4) is 0 Å². The highest BCUT2D eigenvalue weighted by atomic mass is 16.6. The zero-order valence-corrected chi connectivity index (χ0v) is 17.6. The summed E-state index contributed by atoms with van der Waals surface area (Å²) >= 11 is 0. The molecule has 0 aromatic carbocycles. The zero-order chi connectivity index (χ0) is 20.5. The minimum absolute atomic E-state index is 0.0857. The standard InChI is InChI=1S/C24H32O4/c1-14-12-21-19-7-6-17-13-18(27)8-10-22(17,4)20(19)9-11-23(21,5)24(14,15(2)25)28-16(3)26/h13,19-21H,1,6-12H2,2-5H3/t19-,20-,21-,22-,23-,24+/m0/s1. The molecule has 3 fully saturated rings. The van der Waals surface area contributed by atoms with Crippen molar-refractivity contribution < 1.29 is 19.1 Å². The molecule has 152 valence electrons. The van der Waals surface area contributed by atoms with Gasteiger partial charge in [-0.15, -0.1) is 0 Å². The van der Waals surface area contributed by atoms with E-state index in [0.717, 1.165) is 44.1 Å². The molecule has 4 aliphatic carbocycles. The number of carbonyl (C=O) groups excluding carboxylic acids is 3. The van der Waals surface area contributed by atoms with Gasteiger partial charge in [-0.25, -0.2) is 0 Å². The van der Waals surface area contributed by atoms with Crippen LogP contribution in [0.15, 0.2) is 23.8 Å². The number of rotatable bonds is 2. The van der Waals surface area contributed by atoms with Crippen molar-refractivity contribution >= 4 is 17.5 Å². The number of hydrogen-bond acceptors (Lipinski definition) is 4. The second-order valence-corrected chi connectivity index (χ2v) is 10.1. The van der Waals surface area contributed by atoms with Gasteiger partial charge in [0.25, 0.3) is 0 Å². The first-order valence-electron chi connectivity index (χ1n) is 10.7. The van der Waals surface area contributed by atoms with Gasteiger partial charge in [-0.3, -0.25) is 14.4 Å². The maximum Gasteiger partial charge on any atom is 0.303 e. The lowest BCUT2D eigenvalue weighted by molar-refractivity contribution is -0.181. The van der Waals surface area contributed by atoms with Crippen molar-refractivity contribution in [2.45, 2.75) is 78.2 Å². The molecule has 0 N–H and O–H groups in total. The van der Waals surface area contributed by atoms with Crippen LogP contribution in [0, 0.1) is 28.6 Å². The van der Waals surface area contributed by atoms with Gasteiger partial charge in [0.15, 0.2) is 17.2 Å². The Balaban J connectivity index is 1.75. The number of carbonyl (C=O) groups is 3. The van der Waals surface area contributed by atoms with Gasteiger partial charge < -0.3 is 4.74 Å². The molecule has 0 spiro atoms. The van der Waals surface area contributed by atoms with E-state index in [-0.39, 0.29) is 22.9 Å². The minimum atomic E-state index is -1.19. The smallest absolute Gasteiger partial charge is 0.303 e. The van der Waals surface area contributed by atoms with Gasteiger partial charge in [-0.2, -0.15) is 0 Å². The highest BCUT2D eigenvalue weighted by Gasteiger charge is 2.69. The zero-order valence-electron chi connectivity index (χ0n) is 17.6. The van der Waals surface area contributed by atoms with Gasteiger partial charge >= 0.3 is 5.97 Å². The molecule has 0 aliphatic heterocycles. The van der Waals surface area contributed by atoms with E-state index >= 15 is 0 Å². The summed E-state index contributed by atoms with van der Waals surface area (Å²) in [7, 11) is 0. The third-order valence-corrected chi connectivity index (χ3v) is 8.91. The topological polar surface area (TPSA) is 60.4 Å². The maximum absolute atomic E-state index is 12.9. The SMILES string of the molecule is C=C1C[C@H]2[C@H]3CCC4=CC(=O)CC[C@]4(C)[C@H]3CC[C@]2(C)[C@]1(OC(C)=O)C(C)=O. The van der Waals surface area contributed by atoms with E-state index < -0.39 is 17.0 Å². The lowest BCUT2D eigenvalue weighted by atomic mass is 9.46. The lowest BCUT2D eigenvalue weighted by Crippen LogP contribution is -2.59. The Hall–Kier alpha value is -1.71. The van der Waals surface area contributed by atoms with Gasteiger partial charge in [-0.05, 0) is 80.3 Å². The number of hydrogen-bond donors (Lipinski definition) is 0. The van der Waals surface area contributed by atoms with Crippen molar-refractivity contribution in [3.8, 4) is 0 Å². The minimum Gasteiger partial charge on any atom is -0.446 e. The van der Waals surface area contributed by atoms with Crippen LogP contribution in [0.1, 0.15) is 72.6 Å². The maximum atomic E-state index is 12.9. The third-order valence-electron chi connectivity index (χ3n) is 8.91. The molecule has 4 rings (SSSR count). The molecule has 0 unspecified atom stereocenters. The summed E-state index contributed by atoms with van der Waals surface area (Å²) < 4.78 is 5.83. The van der Waals surface area contributed by atoms with Gasteiger partial charge in [0.1, 0.15) is 0 Å². The van der Waals surface area contributed by atoms with Crippen LogP contribution in [0.2, 0.25) is 0 Å². The summed E-state index contributed by atoms with van der Waals surface area (Å²) in [5, 5.41) is 0. The molecule has 0 saturated heterocycles. The van der Waals surface area contributed by atoms with Crippen molar-refractivity contribution in [3.63, 3.8) is 0 Å². The lowest BCUT2D eigenvalue weighted by Gasteiger charge is -2.58. The normalized spacial score (nSPS) is 44.9.